The number of aromatic nitrogens is 2. The summed E-state index contributed by atoms with van der Waals surface area (Å²) in [6.07, 6.45) is 8.18. The molecule has 0 radical (unpaired) electrons. The number of pyridine rings is 2. The summed E-state index contributed by atoms with van der Waals surface area (Å²) in [6, 6.07) is 18.6. The molecule has 2 fully saturated rings. The van der Waals surface area contributed by atoms with Crippen LogP contribution in [0.2, 0.25) is 0 Å². The summed E-state index contributed by atoms with van der Waals surface area (Å²) in [4.78, 5) is 58.9. The molecule has 4 N–H and O–H groups in total. The van der Waals surface area contributed by atoms with Crippen molar-refractivity contribution in [2.45, 2.75) is 107 Å². The maximum atomic E-state index is 13.0. The Balaban J connectivity index is 0.000000300. The molecule has 4 aromatic heterocycles. The number of carbonyl (C=O) groups is 4. The molecule has 6 aromatic rings. The summed E-state index contributed by atoms with van der Waals surface area (Å²) in [5.41, 5.74) is 5.72. The molecular weight excluding hydrogens is 1180 g/mol. The zero-order valence-electron chi connectivity index (χ0n) is 48.7. The molecule has 28 heteroatoms. The topological polar surface area (TPSA) is 347 Å². The largest absolute Gasteiger partial charge is 1.00 e. The number of benzene rings is 2. The molecule has 2 saturated carbocycles. The second-order valence-corrected chi connectivity index (χ2v) is 29.2. The average Bonchev–Trinajstić information content (AvgIpc) is 1.78. The molecule has 4 heterocycles. The van der Waals surface area contributed by atoms with E-state index >= 15 is 0 Å². The number of carbonyl (C=O) groups excluding carboxylic acids is 3. The molecule has 8 rings (SSSR count). The number of unbranched alkanes of at least 4 members (excludes halogenated alkanes) is 2. The van der Waals surface area contributed by atoms with Gasteiger partial charge in [-0.25, -0.2) is 33.7 Å². The first-order valence-corrected chi connectivity index (χ1v) is 34.3. The van der Waals surface area contributed by atoms with Crippen molar-refractivity contribution in [1.82, 2.24) is 20.6 Å². The van der Waals surface area contributed by atoms with Gasteiger partial charge in [0.2, 0.25) is 31.5 Å². The number of ether oxygens (including phenoxy) is 1. The van der Waals surface area contributed by atoms with E-state index in [1.165, 1.54) is 18.4 Å². The monoisotopic (exact) mass is 1250 g/mol. The maximum absolute atomic E-state index is 13.0. The molecule has 0 bridgehead atoms. The number of aliphatic carboxylic acids is 1. The molecule has 0 saturated heterocycles. The van der Waals surface area contributed by atoms with E-state index in [1.807, 2.05) is 62.4 Å². The van der Waals surface area contributed by atoms with E-state index in [0.717, 1.165) is 66.1 Å². The van der Waals surface area contributed by atoms with Crippen LogP contribution in [0.3, 0.4) is 0 Å². The van der Waals surface area contributed by atoms with Gasteiger partial charge in [0.25, 0.3) is 11.8 Å². The van der Waals surface area contributed by atoms with E-state index in [2.05, 4.69) is 20.6 Å². The SMILES string of the molecule is CCOC(=O)C(CCCCN(c1nc2oc(-c3ccc(C)cc3)c(C(=O)NC)c2cc1C1CC1)S(C)(=O)=O)S(C)(=O)=O.CNC(=O)c1c(-c2ccc(C)cc2)oc2nc(N(CCCCC(C(=O)O)S(C)(=O)=O)S(C)(=O)=O)c(C3CC3)cc12.[Na+].[OH-]. The molecule has 2 aliphatic rings. The number of carboxylic acid groups (broad SMARTS) is 1. The number of amides is 2. The molecule has 2 unspecified atom stereocenters. The number of aryl methyl sites for hydroxylation is 2. The third kappa shape index (κ3) is 16.5. The fraction of sp³-hybridized carbons (Fsp3) is 0.464. The molecular formula is C56H71N6NaO17S4. The minimum atomic E-state index is -3.83. The van der Waals surface area contributed by atoms with E-state index in [0.29, 0.717) is 55.7 Å². The van der Waals surface area contributed by atoms with E-state index in [-0.39, 0.29) is 140 Å². The van der Waals surface area contributed by atoms with Gasteiger partial charge in [-0.2, -0.15) is 9.97 Å². The predicted octanol–water partition coefficient (Wildman–Crippen LogP) is 4.25. The van der Waals surface area contributed by atoms with Gasteiger partial charge in [0, 0.05) is 50.8 Å². The van der Waals surface area contributed by atoms with E-state index in [1.54, 1.807) is 19.1 Å². The van der Waals surface area contributed by atoms with Gasteiger partial charge < -0.3 is 34.8 Å². The van der Waals surface area contributed by atoms with Crippen LogP contribution in [0.1, 0.15) is 126 Å². The molecule has 0 aliphatic heterocycles. The number of nitrogens with zero attached hydrogens (tertiary/aromatic N) is 4. The van der Waals surface area contributed by atoms with Crippen molar-refractivity contribution in [2.75, 3.05) is 67.4 Å². The third-order valence-electron chi connectivity index (χ3n) is 14.2. The van der Waals surface area contributed by atoms with Gasteiger partial charge >= 0.3 is 41.5 Å². The van der Waals surface area contributed by atoms with Crippen molar-refractivity contribution < 1.29 is 107 Å². The zero-order valence-corrected chi connectivity index (χ0v) is 54.0. The van der Waals surface area contributed by atoms with Gasteiger partial charge in [-0.3, -0.25) is 27.8 Å². The first kappa shape index (κ1) is 68.8. The van der Waals surface area contributed by atoms with Crippen LogP contribution >= 0.6 is 0 Å². The fourth-order valence-corrected chi connectivity index (χ4v) is 13.5. The van der Waals surface area contributed by atoms with Crippen LogP contribution in [0.15, 0.2) is 69.5 Å². The van der Waals surface area contributed by atoms with Crippen LogP contribution in [0, 0.1) is 13.8 Å². The van der Waals surface area contributed by atoms with Crippen molar-refractivity contribution in [3.8, 4) is 22.6 Å². The van der Waals surface area contributed by atoms with Gasteiger partial charge in [-0.05, 0) is 120 Å². The Morgan fingerprint density at radius 2 is 0.976 bits per heavy atom. The number of sulfonamides is 2. The molecule has 2 amide bonds. The van der Waals surface area contributed by atoms with Gasteiger partial charge in [0.05, 0.1) is 41.0 Å². The standard InChI is InChI=1S/C29H37N3O8S2.C27H33N3O8S2.Na.H2O/c1-6-39-29(34)23(41(4,35)36)9-7-8-16-32(42(5,37)38)26-21(19-14-15-19)17-22-24(27(33)30-3)25(40-28(22)31-26)20-12-10-18(2)11-13-20;1-16-8-10-18(11-9-16)23-22(25(31)28-2)20-15-19(17-12-13-17)24(29-26(20)38-23)30(40(4,36)37)14-6-5-7-21(27(32)33)39(3,34)35;;/h10-13,17,19,23H,6-9,14-16H2,1-5H3,(H,30,33);8-11,15,17,21H,5-7,12-14H2,1-4H3,(H,28,31)(H,32,33);;1H2/q;;+1;/p-1. The van der Waals surface area contributed by atoms with Crippen LogP contribution in [0.25, 0.3) is 44.8 Å². The average molecular weight is 1250 g/mol. The Morgan fingerprint density at radius 3 is 1.27 bits per heavy atom. The van der Waals surface area contributed by atoms with Gasteiger partial charge in [0.1, 0.15) is 23.2 Å². The molecule has 84 heavy (non-hydrogen) atoms. The number of hydrogen-bond donors (Lipinski definition) is 3. The number of furan rings is 2. The Bertz CT molecular complexity index is 3860. The summed E-state index contributed by atoms with van der Waals surface area (Å²) in [7, 11) is -12.1. The van der Waals surface area contributed by atoms with Crippen molar-refractivity contribution in [2.24, 2.45) is 0 Å². The summed E-state index contributed by atoms with van der Waals surface area (Å²) >= 11 is 0. The maximum Gasteiger partial charge on any atom is 1.00 e. The Labute approximate surface area is 512 Å². The third-order valence-corrected chi connectivity index (χ3v) is 19.5. The molecule has 2 aromatic carbocycles. The number of rotatable bonds is 25. The number of anilines is 2. The predicted molar refractivity (Wildman–Crippen MR) is 315 cm³/mol. The minimum absolute atomic E-state index is 0. The van der Waals surface area contributed by atoms with Crippen LogP contribution in [-0.2, 0) is 54.0 Å². The Hall–Kier alpha value is -5.94. The Kier molecular flexibility index (Phi) is 23.0. The number of sulfone groups is 2. The Morgan fingerprint density at radius 1 is 0.619 bits per heavy atom. The summed E-state index contributed by atoms with van der Waals surface area (Å²) < 4.78 is 119. The molecule has 2 aliphatic carbocycles. The van der Waals surface area contributed by atoms with E-state index in [4.69, 9.17) is 13.6 Å². The van der Waals surface area contributed by atoms with Crippen molar-refractivity contribution in [3.05, 3.63) is 94.0 Å². The van der Waals surface area contributed by atoms with Crippen LogP contribution in [-0.4, -0.2) is 147 Å². The van der Waals surface area contributed by atoms with Crippen molar-refractivity contribution in [1.29, 1.82) is 0 Å². The molecule has 0 spiro atoms. The minimum Gasteiger partial charge on any atom is -0.870 e. The van der Waals surface area contributed by atoms with Crippen molar-refractivity contribution >= 4 is 97.3 Å². The first-order valence-electron chi connectivity index (χ1n) is 26.7. The van der Waals surface area contributed by atoms with Crippen LogP contribution in [0.4, 0.5) is 11.6 Å². The number of esters is 1. The van der Waals surface area contributed by atoms with E-state index < -0.39 is 62.2 Å². The van der Waals surface area contributed by atoms with Gasteiger partial charge in [0.15, 0.2) is 30.2 Å². The second kappa shape index (κ2) is 28.1. The van der Waals surface area contributed by atoms with Crippen LogP contribution in [0.5, 0.6) is 0 Å². The number of hydrogen-bond acceptors (Lipinski definition) is 18. The normalized spacial score (nSPS) is 14.2. The fourth-order valence-electron chi connectivity index (χ4n) is 9.66. The number of fused-ring (bicyclic) bond motifs is 2. The quantitative estimate of drug-likeness (QED) is 0.0409. The molecule has 2 atom stereocenters. The van der Waals surface area contributed by atoms with Gasteiger partial charge in [-0.15, -0.1) is 0 Å². The molecule has 23 nitrogen and oxygen atoms in total. The molecule has 452 valence electrons. The number of nitrogens with one attached hydrogen (secondary N) is 2. The van der Waals surface area contributed by atoms with Gasteiger partial charge in [-0.1, -0.05) is 59.7 Å². The summed E-state index contributed by atoms with van der Waals surface area (Å²) in [6.45, 7) is 5.55. The summed E-state index contributed by atoms with van der Waals surface area (Å²) in [5, 5.41) is 12.7. The first-order chi connectivity index (χ1) is 38.5. The van der Waals surface area contributed by atoms with E-state index in [9.17, 15) is 58.0 Å². The summed E-state index contributed by atoms with van der Waals surface area (Å²) in [5.74, 6) is -1.71. The smallest absolute Gasteiger partial charge is 0.870 e. The van der Waals surface area contributed by atoms with Crippen molar-refractivity contribution in [3.63, 3.8) is 0 Å². The zero-order chi connectivity index (χ0) is 60.2. The van der Waals surface area contributed by atoms with Crippen LogP contribution < -0.4 is 48.8 Å². The second-order valence-electron chi connectivity index (χ2n) is 20.9. The number of carboxylic acids is 1.